The van der Waals surface area contributed by atoms with Crippen LogP contribution in [0.15, 0.2) is 66.7 Å². The lowest BCUT2D eigenvalue weighted by Gasteiger charge is -2.34. The molecule has 3 rings (SSSR count). The van der Waals surface area contributed by atoms with Gasteiger partial charge in [0.1, 0.15) is 18.4 Å². The number of nitrogens with zero attached hydrogens (tertiary/aromatic N) is 2. The molecule has 41 heavy (non-hydrogen) atoms. The second-order valence-corrected chi connectivity index (χ2v) is 12.8. The highest BCUT2D eigenvalue weighted by atomic mass is 35.5. The number of halogens is 4. The molecule has 3 aromatic rings. The van der Waals surface area contributed by atoms with E-state index in [1.807, 2.05) is 44.2 Å². The van der Waals surface area contributed by atoms with Gasteiger partial charge in [0.25, 0.3) is 0 Å². The number of benzene rings is 3. The van der Waals surface area contributed by atoms with Gasteiger partial charge in [0.05, 0.1) is 17.0 Å². The van der Waals surface area contributed by atoms with E-state index in [9.17, 15) is 22.4 Å². The van der Waals surface area contributed by atoms with Crippen molar-refractivity contribution in [2.24, 2.45) is 0 Å². The van der Waals surface area contributed by atoms with Gasteiger partial charge in [0.15, 0.2) is 0 Å². The molecule has 0 spiro atoms. The smallest absolute Gasteiger partial charge is 0.244 e. The SMILES string of the molecule is CC[C@H](C)NC(=O)[C@@H](Cc1ccccc1)N(Cc1ccc(Cl)cc1Cl)C(=O)CN(c1ccc(F)c(Cl)c1)S(C)(=O)=O. The molecular formula is C29H31Cl3FN3O4S. The van der Waals surface area contributed by atoms with Crippen LogP contribution in [0.5, 0.6) is 0 Å². The topological polar surface area (TPSA) is 86.8 Å². The maximum atomic E-state index is 14.1. The van der Waals surface area contributed by atoms with Crippen molar-refractivity contribution in [2.75, 3.05) is 17.1 Å². The van der Waals surface area contributed by atoms with Gasteiger partial charge >= 0.3 is 0 Å². The summed E-state index contributed by atoms with van der Waals surface area (Å²) in [5.74, 6) is -1.82. The van der Waals surface area contributed by atoms with Gasteiger partial charge in [-0.15, -0.1) is 0 Å². The molecule has 1 N–H and O–H groups in total. The second kappa shape index (κ2) is 14.4. The van der Waals surface area contributed by atoms with Crippen molar-refractivity contribution in [3.8, 4) is 0 Å². The largest absolute Gasteiger partial charge is 0.352 e. The zero-order valence-corrected chi connectivity index (χ0v) is 25.9. The molecule has 0 aliphatic rings. The van der Waals surface area contributed by atoms with Gasteiger partial charge in [-0.1, -0.05) is 78.1 Å². The lowest BCUT2D eigenvalue weighted by atomic mass is 10.0. The van der Waals surface area contributed by atoms with Gasteiger partial charge in [-0.05, 0) is 54.8 Å². The van der Waals surface area contributed by atoms with Crippen LogP contribution in [0.3, 0.4) is 0 Å². The predicted molar refractivity (Wildman–Crippen MR) is 162 cm³/mol. The molecule has 0 unspecified atom stereocenters. The number of nitrogens with one attached hydrogen (secondary N) is 1. The van der Waals surface area contributed by atoms with E-state index in [2.05, 4.69) is 5.32 Å². The Labute approximate surface area is 255 Å². The summed E-state index contributed by atoms with van der Waals surface area (Å²) in [6.45, 7) is 2.99. The van der Waals surface area contributed by atoms with Crippen molar-refractivity contribution in [1.82, 2.24) is 10.2 Å². The number of carbonyl (C=O) groups is 2. The van der Waals surface area contributed by atoms with E-state index in [1.165, 1.54) is 17.0 Å². The molecule has 0 bridgehead atoms. The molecule has 2 atom stereocenters. The maximum Gasteiger partial charge on any atom is 0.244 e. The number of rotatable bonds is 12. The first-order valence-electron chi connectivity index (χ1n) is 12.8. The summed E-state index contributed by atoms with van der Waals surface area (Å²) in [6.07, 6.45) is 1.74. The highest BCUT2D eigenvalue weighted by Crippen LogP contribution is 2.27. The van der Waals surface area contributed by atoms with E-state index < -0.39 is 40.2 Å². The Morgan fingerprint density at radius 2 is 1.66 bits per heavy atom. The van der Waals surface area contributed by atoms with Crippen LogP contribution in [0, 0.1) is 5.82 Å². The number of hydrogen-bond acceptors (Lipinski definition) is 4. The predicted octanol–water partition coefficient (Wildman–Crippen LogP) is 6.11. The molecule has 0 fully saturated rings. The van der Waals surface area contributed by atoms with Crippen molar-refractivity contribution in [2.45, 2.75) is 45.3 Å². The number of hydrogen-bond donors (Lipinski definition) is 1. The summed E-state index contributed by atoms with van der Waals surface area (Å²) in [7, 11) is -4.03. The van der Waals surface area contributed by atoms with E-state index in [1.54, 1.807) is 12.1 Å². The van der Waals surface area contributed by atoms with Crippen molar-refractivity contribution < 1.29 is 22.4 Å². The summed E-state index contributed by atoms with van der Waals surface area (Å²) < 4.78 is 40.3. The summed E-state index contributed by atoms with van der Waals surface area (Å²) in [6, 6.07) is 16.1. The van der Waals surface area contributed by atoms with E-state index in [0.29, 0.717) is 17.0 Å². The van der Waals surface area contributed by atoms with Crippen LogP contribution in [0.2, 0.25) is 15.1 Å². The van der Waals surface area contributed by atoms with Crippen LogP contribution in [-0.4, -0.2) is 50.0 Å². The first kappa shape index (κ1) is 32.7. The lowest BCUT2D eigenvalue weighted by molar-refractivity contribution is -0.140. The lowest BCUT2D eigenvalue weighted by Crippen LogP contribution is -2.54. The van der Waals surface area contributed by atoms with Gasteiger partial charge in [-0.25, -0.2) is 12.8 Å². The fourth-order valence-electron chi connectivity index (χ4n) is 4.08. The zero-order valence-electron chi connectivity index (χ0n) is 22.8. The molecule has 7 nitrogen and oxygen atoms in total. The van der Waals surface area contributed by atoms with Crippen LogP contribution in [0.25, 0.3) is 0 Å². The minimum atomic E-state index is -4.03. The van der Waals surface area contributed by atoms with Gasteiger partial charge in [-0.2, -0.15) is 0 Å². The number of carbonyl (C=O) groups excluding carboxylic acids is 2. The summed E-state index contributed by atoms with van der Waals surface area (Å²) in [5.41, 5.74) is 1.30. The van der Waals surface area contributed by atoms with E-state index >= 15 is 0 Å². The van der Waals surface area contributed by atoms with E-state index in [4.69, 9.17) is 34.8 Å². The molecule has 0 saturated carbocycles. The Kier molecular flexibility index (Phi) is 11.4. The summed E-state index contributed by atoms with van der Waals surface area (Å²) in [5, 5.41) is 3.31. The first-order chi connectivity index (χ1) is 19.3. The Hall–Kier alpha value is -2.85. The highest BCUT2D eigenvalue weighted by molar-refractivity contribution is 7.92. The third kappa shape index (κ3) is 9.07. The van der Waals surface area contributed by atoms with Crippen molar-refractivity contribution >= 4 is 62.3 Å². The van der Waals surface area contributed by atoms with Gasteiger partial charge in [0, 0.05) is 29.1 Å². The van der Waals surface area contributed by atoms with Crippen molar-refractivity contribution in [3.05, 3.63) is 98.7 Å². The maximum absolute atomic E-state index is 14.1. The minimum Gasteiger partial charge on any atom is -0.352 e. The van der Waals surface area contributed by atoms with Crippen LogP contribution < -0.4 is 9.62 Å². The fourth-order valence-corrected chi connectivity index (χ4v) is 5.57. The molecule has 0 radical (unpaired) electrons. The van der Waals surface area contributed by atoms with Crippen LogP contribution in [-0.2, 0) is 32.6 Å². The molecule has 0 aromatic heterocycles. The summed E-state index contributed by atoms with van der Waals surface area (Å²) >= 11 is 18.5. The molecule has 0 heterocycles. The summed E-state index contributed by atoms with van der Waals surface area (Å²) in [4.78, 5) is 29.0. The zero-order chi connectivity index (χ0) is 30.3. The monoisotopic (exact) mass is 641 g/mol. The molecule has 3 aromatic carbocycles. The van der Waals surface area contributed by atoms with Crippen molar-refractivity contribution in [1.29, 1.82) is 0 Å². The molecule has 0 saturated heterocycles. The number of amides is 2. The van der Waals surface area contributed by atoms with E-state index in [-0.39, 0.29) is 34.7 Å². The van der Waals surface area contributed by atoms with Crippen LogP contribution >= 0.6 is 34.8 Å². The molecule has 220 valence electrons. The van der Waals surface area contributed by atoms with Gasteiger partial charge < -0.3 is 10.2 Å². The molecule has 12 heteroatoms. The van der Waals surface area contributed by atoms with E-state index in [0.717, 1.165) is 28.3 Å². The highest BCUT2D eigenvalue weighted by Gasteiger charge is 2.34. The number of sulfonamides is 1. The number of anilines is 1. The Bertz CT molecular complexity index is 1490. The molecule has 0 aliphatic heterocycles. The van der Waals surface area contributed by atoms with Crippen LogP contribution in [0.1, 0.15) is 31.4 Å². The molecule has 0 aliphatic carbocycles. The average Bonchev–Trinajstić information content (AvgIpc) is 2.91. The quantitative estimate of drug-likeness (QED) is 0.259. The van der Waals surface area contributed by atoms with Crippen molar-refractivity contribution in [3.63, 3.8) is 0 Å². The Balaban J connectivity index is 2.10. The van der Waals surface area contributed by atoms with Gasteiger partial charge in [0.2, 0.25) is 21.8 Å². The minimum absolute atomic E-state index is 0.000362. The Morgan fingerprint density at radius 3 is 2.24 bits per heavy atom. The molecular weight excluding hydrogens is 612 g/mol. The van der Waals surface area contributed by atoms with Crippen LogP contribution in [0.4, 0.5) is 10.1 Å². The second-order valence-electron chi connectivity index (χ2n) is 9.65. The third-order valence-electron chi connectivity index (χ3n) is 6.50. The first-order valence-corrected chi connectivity index (χ1v) is 15.8. The normalized spacial score (nSPS) is 12.9. The van der Waals surface area contributed by atoms with Gasteiger partial charge in [-0.3, -0.25) is 13.9 Å². The fraction of sp³-hybridized carbons (Fsp3) is 0.310. The Morgan fingerprint density at radius 1 is 0.976 bits per heavy atom. The average molecular weight is 643 g/mol. The standard InChI is InChI=1S/C29H31Cl3FN3O4S/c1-4-19(2)34-29(38)27(14-20-8-6-5-7-9-20)35(17-21-10-11-22(30)15-24(21)31)28(37)18-36(41(3,39)40)23-12-13-26(33)25(32)16-23/h5-13,15-16,19,27H,4,14,17-18H2,1-3H3,(H,34,38)/t19-,27+/m0/s1. The third-order valence-corrected chi connectivity index (χ3v) is 8.52. The molecule has 2 amide bonds.